The number of carbonyl (C=O) groups is 4. The highest BCUT2D eigenvalue weighted by atomic mass is 19.2. The molecule has 0 N–H and O–H groups in total. The van der Waals surface area contributed by atoms with Crippen molar-refractivity contribution in [2.24, 2.45) is 0 Å². The minimum atomic E-state index is -1.80. The number of carbonyl (C=O) groups excluding carboxylic acids is 4. The topological polar surface area (TPSA) is 302 Å². The molecule has 34 heteroatoms. The first-order valence-electron chi connectivity index (χ1n) is 33.6. The zero-order valence-corrected chi connectivity index (χ0v) is 57.5. The molecule has 99 heavy (non-hydrogen) atoms. The second-order valence-electron chi connectivity index (χ2n) is 20.3. The van der Waals surface area contributed by atoms with E-state index in [-0.39, 0.29) is 63.1 Å². The Morgan fingerprint density at radius 2 is 0.455 bits per heavy atom. The van der Waals surface area contributed by atoms with E-state index in [2.05, 4.69) is 4.74 Å². The predicted octanol–water partition coefficient (Wildman–Crippen LogP) is 2.60. The molecule has 0 saturated heterocycles. The van der Waals surface area contributed by atoms with E-state index in [4.69, 9.17) is 114 Å². The molecular formula is C65H109F4NO29. The van der Waals surface area contributed by atoms with Crippen LogP contribution in [0.5, 0.6) is 5.75 Å². The molecule has 1 aliphatic heterocycles. The van der Waals surface area contributed by atoms with Crippen LogP contribution in [0.2, 0.25) is 0 Å². The Labute approximate surface area is 578 Å². The Kier molecular flexibility index (Phi) is 65.3. The lowest BCUT2D eigenvalue weighted by Gasteiger charge is -2.12. The first-order chi connectivity index (χ1) is 48.7. The Bertz CT molecular complexity index is 2040. The average Bonchev–Trinajstić information content (AvgIpc) is 1.27. The number of benzene rings is 1. The summed E-state index contributed by atoms with van der Waals surface area (Å²) in [6, 6.07) is 0.0150. The Morgan fingerprint density at radius 1 is 0.263 bits per heavy atom. The summed E-state index contributed by atoms with van der Waals surface area (Å²) in [6.07, 6.45) is 3.06. The van der Waals surface area contributed by atoms with Crippen molar-refractivity contribution >= 4 is 23.6 Å². The summed E-state index contributed by atoms with van der Waals surface area (Å²) in [5.74, 6) is -10.3. The fourth-order valence-corrected chi connectivity index (χ4v) is 7.51. The van der Waals surface area contributed by atoms with E-state index in [9.17, 15) is 36.7 Å². The van der Waals surface area contributed by atoms with Crippen LogP contribution in [0.15, 0.2) is 18.2 Å². The van der Waals surface area contributed by atoms with Gasteiger partial charge in [-0.15, -0.1) is 0 Å². The van der Waals surface area contributed by atoms with Crippen molar-refractivity contribution in [1.29, 1.82) is 0 Å². The van der Waals surface area contributed by atoms with Gasteiger partial charge >= 0.3 is 5.97 Å². The van der Waals surface area contributed by atoms with Crippen molar-refractivity contribution < 1.29 is 155 Å². The highest BCUT2D eigenvalue weighted by Gasteiger charge is 2.24. The second-order valence-corrected chi connectivity index (χ2v) is 20.3. The maximum absolute atomic E-state index is 13.6. The molecular weight excluding hydrogens is 1330 g/mol. The summed E-state index contributed by atoms with van der Waals surface area (Å²) in [7, 11) is 0. The number of halogens is 4. The largest absolute Gasteiger partial charge is 0.420 e. The van der Waals surface area contributed by atoms with Crippen molar-refractivity contribution in [3.63, 3.8) is 0 Å². The van der Waals surface area contributed by atoms with Gasteiger partial charge in [-0.1, -0.05) is 0 Å². The molecule has 0 radical (unpaired) electrons. The highest BCUT2D eigenvalue weighted by Crippen LogP contribution is 2.26. The van der Waals surface area contributed by atoms with Gasteiger partial charge in [0.2, 0.25) is 17.4 Å². The van der Waals surface area contributed by atoms with Gasteiger partial charge in [0.25, 0.3) is 11.8 Å². The molecule has 0 atom stereocenters. The molecule has 30 nitrogen and oxygen atoms in total. The third-order valence-corrected chi connectivity index (χ3v) is 12.6. The van der Waals surface area contributed by atoms with Crippen LogP contribution in [0, 0.1) is 23.3 Å². The Hall–Kier alpha value is -4.00. The van der Waals surface area contributed by atoms with E-state index in [1.165, 1.54) is 12.2 Å². The number of Topliss-reactive ketones (excluding diaryl/α,β-unsaturated/α-hetero) is 1. The number of hydrogen-bond acceptors (Lipinski definition) is 29. The van der Waals surface area contributed by atoms with E-state index in [0.717, 1.165) is 4.90 Å². The maximum Gasteiger partial charge on any atom is 0.313 e. The number of ketones is 1. The second kappa shape index (κ2) is 71.0. The number of ether oxygens (including phenoxy) is 25. The maximum atomic E-state index is 13.6. The molecule has 0 aliphatic carbocycles. The Morgan fingerprint density at radius 3 is 0.667 bits per heavy atom. The smallest absolute Gasteiger partial charge is 0.313 e. The average molecular weight is 1440 g/mol. The summed E-state index contributed by atoms with van der Waals surface area (Å²) >= 11 is 0. The molecule has 2 rings (SSSR count). The highest BCUT2D eigenvalue weighted by molar-refractivity contribution is 6.13. The van der Waals surface area contributed by atoms with E-state index in [1.807, 2.05) is 0 Å². The molecule has 0 spiro atoms. The van der Waals surface area contributed by atoms with Crippen molar-refractivity contribution in [2.75, 3.05) is 324 Å². The minimum absolute atomic E-state index is 0.0139. The van der Waals surface area contributed by atoms with Crippen LogP contribution in [-0.2, 0) is 133 Å². The molecule has 0 bridgehead atoms. The minimum Gasteiger partial charge on any atom is -0.420 e. The van der Waals surface area contributed by atoms with Crippen molar-refractivity contribution in [1.82, 2.24) is 4.90 Å². The van der Waals surface area contributed by atoms with Crippen LogP contribution in [0.4, 0.5) is 17.6 Å². The van der Waals surface area contributed by atoms with Crippen LogP contribution >= 0.6 is 0 Å². The van der Waals surface area contributed by atoms with E-state index >= 15 is 0 Å². The summed E-state index contributed by atoms with van der Waals surface area (Å²) < 4.78 is 189. The SMILES string of the molecule is O=C(CCCOCCOCCOCCOCCOCCOCCOCCOCCOCCOCCOCCOCCOCCOCCOCCOCCOCCOCCOCCOCCOCCOCCOCCOCCC(=O)Oc1c(F)c(F)cc(F)c1F)CCN1C(=O)C=CC1=O. The van der Waals surface area contributed by atoms with Gasteiger partial charge in [-0.05, 0) is 6.42 Å². The Balaban J connectivity index is 1.10. The molecule has 576 valence electrons. The lowest BCUT2D eigenvalue weighted by atomic mass is 10.1. The number of nitrogens with zero attached hydrogens (tertiary/aromatic N) is 1. The summed E-state index contributed by atoms with van der Waals surface area (Å²) in [5, 5.41) is 0. The van der Waals surface area contributed by atoms with Crippen molar-refractivity contribution in [2.45, 2.75) is 25.7 Å². The molecule has 0 saturated carbocycles. The lowest BCUT2D eigenvalue weighted by molar-refractivity contribution is -0.138. The van der Waals surface area contributed by atoms with Gasteiger partial charge in [0.15, 0.2) is 11.6 Å². The van der Waals surface area contributed by atoms with Gasteiger partial charge in [0.1, 0.15) is 5.78 Å². The molecule has 2 amide bonds. The molecule has 1 aromatic rings. The van der Waals surface area contributed by atoms with E-state index in [0.29, 0.717) is 304 Å². The number of hydrogen-bond donors (Lipinski definition) is 0. The third kappa shape index (κ3) is 59.1. The van der Waals surface area contributed by atoms with Gasteiger partial charge in [0.05, 0.1) is 317 Å². The van der Waals surface area contributed by atoms with Crippen LogP contribution in [-0.4, -0.2) is 352 Å². The predicted molar refractivity (Wildman–Crippen MR) is 341 cm³/mol. The normalized spacial score (nSPS) is 12.4. The van der Waals surface area contributed by atoms with Crippen LogP contribution in [0.3, 0.4) is 0 Å². The molecule has 0 aromatic heterocycles. The van der Waals surface area contributed by atoms with Crippen LogP contribution in [0.25, 0.3) is 0 Å². The summed E-state index contributed by atoms with van der Waals surface area (Å²) in [4.78, 5) is 47.8. The van der Waals surface area contributed by atoms with Gasteiger partial charge in [-0.25, -0.2) is 8.78 Å². The lowest BCUT2D eigenvalue weighted by Crippen LogP contribution is -2.32. The zero-order chi connectivity index (χ0) is 71.0. The first-order valence-corrected chi connectivity index (χ1v) is 33.6. The van der Waals surface area contributed by atoms with Gasteiger partial charge < -0.3 is 118 Å². The number of esters is 1. The van der Waals surface area contributed by atoms with Crippen LogP contribution < -0.4 is 4.74 Å². The van der Waals surface area contributed by atoms with Gasteiger partial charge in [0, 0.05) is 44.2 Å². The van der Waals surface area contributed by atoms with Gasteiger partial charge in [-0.2, -0.15) is 8.78 Å². The van der Waals surface area contributed by atoms with E-state index in [1.54, 1.807) is 0 Å². The standard InChI is InChI=1S/C65H109F4NO29/c66-58-56-59(67)64(69)65(63(58)68)99-62(74)6-9-76-11-13-78-15-17-80-19-21-82-23-25-84-27-29-86-31-33-88-35-37-90-39-41-92-43-45-94-47-49-96-51-53-98-55-54-97-52-50-95-48-46-93-44-42-91-40-38-89-36-34-87-32-30-85-28-26-83-24-22-81-20-18-79-16-14-77-12-10-75-8-1-2-57(71)5-7-70-60(72)3-4-61(70)73/h3-4,56H,1-2,5-55H2. The number of imide groups is 1. The first kappa shape index (κ1) is 91.1. The molecule has 0 unspecified atom stereocenters. The summed E-state index contributed by atoms with van der Waals surface area (Å²) in [5.41, 5.74) is 0. The molecule has 0 fully saturated rings. The number of amides is 2. The monoisotopic (exact) mass is 1440 g/mol. The number of rotatable bonds is 80. The van der Waals surface area contributed by atoms with Crippen LogP contribution in [0.1, 0.15) is 25.7 Å². The quantitative estimate of drug-likeness (QED) is 0.0226. The third-order valence-electron chi connectivity index (χ3n) is 12.6. The van der Waals surface area contributed by atoms with Crippen molar-refractivity contribution in [3.8, 4) is 5.75 Å². The molecule has 1 aromatic carbocycles. The summed E-state index contributed by atoms with van der Waals surface area (Å²) in [6.45, 7) is 20.0. The fraction of sp³-hybridized carbons (Fsp3) is 0.815. The molecule has 1 aliphatic rings. The van der Waals surface area contributed by atoms with Crippen molar-refractivity contribution in [3.05, 3.63) is 41.5 Å². The zero-order valence-electron chi connectivity index (χ0n) is 57.5. The molecule has 1 heterocycles. The fourth-order valence-electron chi connectivity index (χ4n) is 7.51. The van der Waals surface area contributed by atoms with Gasteiger partial charge in [-0.3, -0.25) is 24.1 Å². The van der Waals surface area contributed by atoms with E-state index < -0.39 is 41.4 Å².